The lowest BCUT2D eigenvalue weighted by Crippen LogP contribution is -3.19. The monoisotopic (exact) mass is 342 g/mol. The van der Waals surface area contributed by atoms with Gasteiger partial charge in [0, 0.05) is 6.07 Å². The van der Waals surface area contributed by atoms with Gasteiger partial charge in [-0.15, -0.1) is 0 Å². The summed E-state index contributed by atoms with van der Waals surface area (Å²) in [5.41, 5.74) is -0.170. The maximum atomic E-state index is 13.6. The number of carbonyl (C=O) groups excluding carboxylic acids is 2. The Kier molecular flexibility index (Phi) is 6.08. The standard InChI is InChI=1S/C16H21F2N3O3/c1-3-24-16(23)21-8-6-20(7-9-21)11(2)15(22)19-14-10-12(17)4-5-13(14)18/h4-5,10-11H,3,6-9H2,1-2H3,(H,19,22)/p+1/t11-/m0/s1. The Hall–Kier alpha value is -2.22. The van der Waals surface area contributed by atoms with Crippen LogP contribution in [-0.2, 0) is 9.53 Å². The molecule has 0 unspecified atom stereocenters. The molecule has 2 N–H and O–H groups in total. The first kappa shape index (κ1) is 18.1. The van der Waals surface area contributed by atoms with E-state index in [0.717, 1.165) is 23.1 Å². The molecule has 6 nitrogen and oxygen atoms in total. The van der Waals surface area contributed by atoms with Crippen molar-refractivity contribution < 1.29 is 28.0 Å². The Morgan fingerprint density at radius 1 is 1.33 bits per heavy atom. The third-order valence-corrected chi connectivity index (χ3v) is 4.12. The van der Waals surface area contributed by atoms with Gasteiger partial charge in [0.15, 0.2) is 6.04 Å². The van der Waals surface area contributed by atoms with E-state index in [9.17, 15) is 18.4 Å². The van der Waals surface area contributed by atoms with Gasteiger partial charge >= 0.3 is 6.09 Å². The number of nitrogens with one attached hydrogen (secondary N) is 2. The minimum Gasteiger partial charge on any atom is -0.450 e. The highest BCUT2D eigenvalue weighted by Gasteiger charge is 2.31. The third-order valence-electron chi connectivity index (χ3n) is 4.12. The van der Waals surface area contributed by atoms with Crippen molar-refractivity contribution in [3.8, 4) is 0 Å². The number of carbonyl (C=O) groups is 2. The van der Waals surface area contributed by atoms with Gasteiger partial charge in [-0.1, -0.05) is 0 Å². The topological polar surface area (TPSA) is 63.1 Å². The second-order valence-electron chi connectivity index (χ2n) is 5.68. The van der Waals surface area contributed by atoms with Gasteiger partial charge < -0.3 is 15.0 Å². The molecule has 0 saturated carbocycles. The molecule has 1 atom stereocenters. The zero-order valence-electron chi connectivity index (χ0n) is 13.8. The fourth-order valence-corrected chi connectivity index (χ4v) is 2.64. The van der Waals surface area contributed by atoms with E-state index in [1.807, 2.05) is 0 Å². The summed E-state index contributed by atoms with van der Waals surface area (Å²) < 4.78 is 31.7. The molecule has 0 spiro atoms. The normalized spacial score (nSPS) is 16.6. The highest BCUT2D eigenvalue weighted by atomic mass is 19.1. The Balaban J connectivity index is 1.90. The van der Waals surface area contributed by atoms with Gasteiger partial charge in [0.25, 0.3) is 5.91 Å². The van der Waals surface area contributed by atoms with E-state index in [0.29, 0.717) is 32.8 Å². The molecule has 2 amide bonds. The van der Waals surface area contributed by atoms with Gasteiger partial charge in [0.05, 0.1) is 38.5 Å². The maximum absolute atomic E-state index is 13.6. The van der Waals surface area contributed by atoms with Crippen molar-refractivity contribution in [1.29, 1.82) is 0 Å². The van der Waals surface area contributed by atoms with Gasteiger partial charge in [-0.2, -0.15) is 0 Å². The molecule has 132 valence electrons. The molecule has 1 aliphatic rings. The Bertz CT molecular complexity index is 604. The SMILES string of the molecule is CCOC(=O)N1CC[NH+]([C@@H](C)C(=O)Nc2cc(F)ccc2F)CC1. The number of halogens is 2. The Morgan fingerprint density at radius 3 is 2.62 bits per heavy atom. The van der Waals surface area contributed by atoms with Gasteiger partial charge in [-0.05, 0) is 26.0 Å². The number of nitrogens with zero attached hydrogens (tertiary/aromatic N) is 1. The van der Waals surface area contributed by atoms with Gasteiger partial charge in [0.1, 0.15) is 11.6 Å². The minimum absolute atomic E-state index is 0.170. The van der Waals surface area contributed by atoms with Crippen LogP contribution in [0, 0.1) is 11.6 Å². The molecule has 0 aliphatic carbocycles. The van der Waals surface area contributed by atoms with Crippen molar-refractivity contribution in [1.82, 2.24) is 4.90 Å². The first-order valence-corrected chi connectivity index (χ1v) is 7.94. The number of piperazine rings is 1. The van der Waals surface area contributed by atoms with Crippen LogP contribution in [0.15, 0.2) is 18.2 Å². The molecule has 0 bridgehead atoms. The molecular weight excluding hydrogens is 320 g/mol. The minimum atomic E-state index is -0.681. The van der Waals surface area contributed by atoms with Crippen LogP contribution in [0.4, 0.5) is 19.3 Å². The smallest absolute Gasteiger partial charge is 0.410 e. The summed E-state index contributed by atoms with van der Waals surface area (Å²) in [5, 5.41) is 2.42. The Labute approximate surface area is 139 Å². The fourth-order valence-electron chi connectivity index (χ4n) is 2.64. The average molecular weight is 342 g/mol. The second kappa shape index (κ2) is 8.05. The van der Waals surface area contributed by atoms with Gasteiger partial charge in [-0.3, -0.25) is 9.69 Å². The number of hydrogen-bond acceptors (Lipinski definition) is 3. The van der Waals surface area contributed by atoms with E-state index in [1.165, 1.54) is 0 Å². The zero-order valence-corrected chi connectivity index (χ0v) is 13.8. The summed E-state index contributed by atoms with van der Waals surface area (Å²) in [4.78, 5) is 26.5. The molecule has 24 heavy (non-hydrogen) atoms. The maximum Gasteiger partial charge on any atom is 0.410 e. The predicted octanol–water partition coefficient (Wildman–Crippen LogP) is 0.649. The van der Waals surface area contributed by atoms with E-state index < -0.39 is 17.7 Å². The summed E-state index contributed by atoms with van der Waals surface area (Å²) >= 11 is 0. The number of rotatable bonds is 4. The molecule has 1 aromatic carbocycles. The first-order chi connectivity index (χ1) is 11.4. The van der Waals surface area contributed by atoms with Crippen molar-refractivity contribution in [2.24, 2.45) is 0 Å². The molecule has 1 heterocycles. The van der Waals surface area contributed by atoms with Crippen LogP contribution in [0.25, 0.3) is 0 Å². The number of anilines is 1. The molecule has 8 heteroatoms. The quantitative estimate of drug-likeness (QED) is 0.845. The van der Waals surface area contributed by atoms with Gasteiger partial charge in [0.2, 0.25) is 0 Å². The summed E-state index contributed by atoms with van der Waals surface area (Å²) in [6.07, 6.45) is -0.351. The van der Waals surface area contributed by atoms with Crippen molar-refractivity contribution in [2.45, 2.75) is 19.9 Å². The molecular formula is C16H22F2N3O3+. The number of amides is 2. The van der Waals surface area contributed by atoms with E-state index >= 15 is 0 Å². The fraction of sp³-hybridized carbons (Fsp3) is 0.500. The van der Waals surface area contributed by atoms with Crippen molar-refractivity contribution in [3.05, 3.63) is 29.8 Å². The average Bonchev–Trinajstić information content (AvgIpc) is 2.57. The van der Waals surface area contributed by atoms with Crippen LogP contribution < -0.4 is 10.2 Å². The van der Waals surface area contributed by atoms with E-state index in [-0.39, 0.29) is 17.7 Å². The number of quaternary nitrogens is 1. The first-order valence-electron chi connectivity index (χ1n) is 7.94. The summed E-state index contributed by atoms with van der Waals surface area (Å²) in [6.45, 7) is 5.93. The second-order valence-corrected chi connectivity index (χ2v) is 5.68. The lowest BCUT2D eigenvalue weighted by Gasteiger charge is -2.34. The van der Waals surface area contributed by atoms with E-state index in [1.54, 1.807) is 18.7 Å². The zero-order chi connectivity index (χ0) is 17.7. The summed E-state index contributed by atoms with van der Waals surface area (Å²) in [7, 11) is 0. The van der Waals surface area contributed by atoms with Crippen molar-refractivity contribution in [2.75, 3.05) is 38.1 Å². The largest absolute Gasteiger partial charge is 0.450 e. The van der Waals surface area contributed by atoms with Crippen LogP contribution in [0.3, 0.4) is 0 Å². The molecule has 2 rings (SSSR count). The van der Waals surface area contributed by atoms with E-state index in [2.05, 4.69) is 5.32 Å². The van der Waals surface area contributed by atoms with Crippen LogP contribution in [0.5, 0.6) is 0 Å². The predicted molar refractivity (Wildman–Crippen MR) is 83.7 cm³/mol. The van der Waals surface area contributed by atoms with Crippen molar-refractivity contribution in [3.63, 3.8) is 0 Å². The van der Waals surface area contributed by atoms with Crippen LogP contribution in [-0.4, -0.2) is 55.7 Å². The van der Waals surface area contributed by atoms with Crippen molar-refractivity contribution >= 4 is 17.7 Å². The lowest BCUT2D eigenvalue weighted by atomic mass is 10.2. The number of benzene rings is 1. The molecule has 1 aromatic rings. The molecule has 1 saturated heterocycles. The molecule has 0 aromatic heterocycles. The number of hydrogen-bond donors (Lipinski definition) is 2. The van der Waals surface area contributed by atoms with Crippen LogP contribution >= 0.6 is 0 Å². The molecule has 0 radical (unpaired) electrons. The highest BCUT2D eigenvalue weighted by molar-refractivity contribution is 5.93. The molecule has 1 fully saturated rings. The van der Waals surface area contributed by atoms with Crippen LogP contribution in [0.1, 0.15) is 13.8 Å². The summed E-state index contributed by atoms with van der Waals surface area (Å²) in [6, 6.07) is 2.47. The van der Waals surface area contributed by atoms with Crippen LogP contribution in [0.2, 0.25) is 0 Å². The van der Waals surface area contributed by atoms with Gasteiger partial charge in [-0.25, -0.2) is 13.6 Å². The third kappa shape index (κ3) is 4.41. The van der Waals surface area contributed by atoms with E-state index in [4.69, 9.17) is 4.74 Å². The lowest BCUT2D eigenvalue weighted by molar-refractivity contribution is -0.917. The summed E-state index contributed by atoms with van der Waals surface area (Å²) in [5.74, 6) is -1.69. The molecule has 1 aliphatic heterocycles. The highest BCUT2D eigenvalue weighted by Crippen LogP contribution is 2.15. The number of ether oxygens (including phenoxy) is 1. The Morgan fingerprint density at radius 2 is 2.00 bits per heavy atom.